The first-order valence-electron chi connectivity index (χ1n) is 7.57. The summed E-state index contributed by atoms with van der Waals surface area (Å²) in [7, 11) is -3.63. The van der Waals surface area contributed by atoms with E-state index >= 15 is 0 Å². The number of carbonyl (C=O) groups excluding carboxylic acids is 1. The Hall–Kier alpha value is -2.67. The summed E-state index contributed by atoms with van der Waals surface area (Å²) in [5.41, 5.74) is 1.07. The van der Waals surface area contributed by atoms with Gasteiger partial charge in [0.2, 0.25) is 0 Å². The number of amidine groups is 1. The highest BCUT2D eigenvalue weighted by molar-refractivity contribution is 7.90. The molecule has 0 fully saturated rings. The van der Waals surface area contributed by atoms with E-state index in [9.17, 15) is 13.2 Å². The number of aliphatic imine (C=N–C) groups is 1. The minimum atomic E-state index is -3.63. The molecule has 0 radical (unpaired) electrons. The van der Waals surface area contributed by atoms with Gasteiger partial charge >= 0.3 is 0 Å². The van der Waals surface area contributed by atoms with Crippen molar-refractivity contribution in [3.63, 3.8) is 0 Å². The fourth-order valence-electron chi connectivity index (χ4n) is 2.35. The number of benzene rings is 2. The van der Waals surface area contributed by atoms with Crippen LogP contribution in [-0.4, -0.2) is 26.7 Å². The lowest BCUT2D eigenvalue weighted by Gasteiger charge is -2.09. The molecule has 2 aromatic rings. The maximum Gasteiger partial charge on any atom is 0.262 e. The minimum absolute atomic E-state index is 0.134. The molecular formula is C17H17N3O3S. The van der Waals surface area contributed by atoms with E-state index in [4.69, 9.17) is 0 Å². The summed E-state index contributed by atoms with van der Waals surface area (Å²) in [6.07, 6.45) is 1.51. The Labute approximate surface area is 140 Å². The van der Waals surface area contributed by atoms with Crippen LogP contribution in [0.2, 0.25) is 0 Å². The topological polar surface area (TPSA) is 87.6 Å². The van der Waals surface area contributed by atoms with Gasteiger partial charge in [0.05, 0.1) is 4.90 Å². The number of sulfonamides is 1. The molecule has 24 heavy (non-hydrogen) atoms. The Morgan fingerprint density at radius 3 is 2.33 bits per heavy atom. The Bertz CT molecular complexity index is 860. The van der Waals surface area contributed by atoms with Crippen LogP contribution in [0.3, 0.4) is 0 Å². The number of hydrogen-bond donors (Lipinski definition) is 2. The van der Waals surface area contributed by atoms with Gasteiger partial charge < -0.3 is 5.32 Å². The molecule has 7 heteroatoms. The van der Waals surface area contributed by atoms with Crippen molar-refractivity contribution >= 4 is 27.5 Å². The number of rotatable bonds is 4. The number of anilines is 1. The minimum Gasteiger partial charge on any atom is -0.322 e. The molecule has 0 saturated heterocycles. The predicted octanol–water partition coefficient (Wildman–Crippen LogP) is 2.41. The number of nitrogens with zero attached hydrogens (tertiary/aromatic N) is 1. The van der Waals surface area contributed by atoms with Gasteiger partial charge in [-0.05, 0) is 42.8 Å². The zero-order valence-electron chi connectivity index (χ0n) is 12.9. The van der Waals surface area contributed by atoms with Crippen LogP contribution in [-0.2, 0) is 10.0 Å². The van der Waals surface area contributed by atoms with Crippen molar-refractivity contribution in [3.05, 3.63) is 60.2 Å². The summed E-state index contributed by atoms with van der Waals surface area (Å²) < 4.78 is 27.0. The predicted molar refractivity (Wildman–Crippen MR) is 92.7 cm³/mol. The monoisotopic (exact) mass is 343 g/mol. The smallest absolute Gasteiger partial charge is 0.262 e. The normalized spacial score (nSPS) is 14.1. The second-order valence-electron chi connectivity index (χ2n) is 5.38. The highest BCUT2D eigenvalue weighted by Crippen LogP contribution is 2.16. The molecule has 1 aliphatic rings. The Kier molecular flexibility index (Phi) is 4.61. The zero-order valence-corrected chi connectivity index (χ0v) is 13.7. The maximum absolute atomic E-state index is 12.3. The van der Waals surface area contributed by atoms with E-state index in [0.29, 0.717) is 30.1 Å². The zero-order chi connectivity index (χ0) is 17.0. The number of nitrogens with one attached hydrogen (secondary N) is 2. The van der Waals surface area contributed by atoms with Crippen molar-refractivity contribution in [2.75, 3.05) is 11.9 Å². The quantitative estimate of drug-likeness (QED) is 0.893. The third kappa shape index (κ3) is 3.80. The second-order valence-corrected chi connectivity index (χ2v) is 7.06. The SMILES string of the molecule is O=C(Nc1ccc(S(=O)(=O)NC2=NCCC2)cc1)c1ccccc1. The Balaban J connectivity index is 1.70. The van der Waals surface area contributed by atoms with Crippen molar-refractivity contribution in [3.8, 4) is 0 Å². The highest BCUT2D eigenvalue weighted by Gasteiger charge is 2.18. The molecule has 3 rings (SSSR count). The lowest BCUT2D eigenvalue weighted by Crippen LogP contribution is -2.29. The summed E-state index contributed by atoms with van der Waals surface area (Å²) in [6, 6.07) is 14.8. The summed E-state index contributed by atoms with van der Waals surface area (Å²) >= 11 is 0. The van der Waals surface area contributed by atoms with Gasteiger partial charge in [0.25, 0.3) is 15.9 Å². The Morgan fingerprint density at radius 1 is 1.00 bits per heavy atom. The van der Waals surface area contributed by atoms with Gasteiger partial charge in [0.15, 0.2) is 0 Å². The van der Waals surface area contributed by atoms with E-state index < -0.39 is 10.0 Å². The van der Waals surface area contributed by atoms with Gasteiger partial charge in [0, 0.05) is 24.2 Å². The molecule has 1 aliphatic heterocycles. The average Bonchev–Trinajstić information content (AvgIpc) is 3.08. The van der Waals surface area contributed by atoms with Crippen molar-refractivity contribution in [2.45, 2.75) is 17.7 Å². The number of amides is 1. The molecule has 0 spiro atoms. The van der Waals surface area contributed by atoms with Gasteiger partial charge in [-0.25, -0.2) is 8.42 Å². The number of carbonyl (C=O) groups is 1. The van der Waals surface area contributed by atoms with E-state index in [1.807, 2.05) is 6.07 Å². The van der Waals surface area contributed by atoms with E-state index in [1.54, 1.807) is 36.4 Å². The van der Waals surface area contributed by atoms with Crippen molar-refractivity contribution < 1.29 is 13.2 Å². The van der Waals surface area contributed by atoms with Crippen LogP contribution in [0, 0.1) is 0 Å². The fourth-order valence-corrected chi connectivity index (χ4v) is 3.44. The van der Waals surface area contributed by atoms with E-state index in [1.165, 1.54) is 12.1 Å². The molecule has 2 aromatic carbocycles. The van der Waals surface area contributed by atoms with Crippen LogP contribution < -0.4 is 10.0 Å². The van der Waals surface area contributed by atoms with Gasteiger partial charge in [-0.15, -0.1) is 0 Å². The third-order valence-corrected chi connectivity index (χ3v) is 4.98. The second kappa shape index (κ2) is 6.84. The average molecular weight is 343 g/mol. The summed E-state index contributed by atoms with van der Waals surface area (Å²) in [6.45, 7) is 0.655. The van der Waals surface area contributed by atoms with Gasteiger partial charge in [0.1, 0.15) is 5.84 Å². The van der Waals surface area contributed by atoms with Gasteiger partial charge in [-0.3, -0.25) is 14.5 Å². The molecule has 0 aliphatic carbocycles. The molecule has 0 unspecified atom stereocenters. The molecule has 6 nitrogen and oxygen atoms in total. The lowest BCUT2D eigenvalue weighted by atomic mass is 10.2. The van der Waals surface area contributed by atoms with Crippen LogP contribution in [0.25, 0.3) is 0 Å². The molecular weight excluding hydrogens is 326 g/mol. The third-order valence-electron chi connectivity index (χ3n) is 3.58. The number of hydrogen-bond acceptors (Lipinski definition) is 4. The van der Waals surface area contributed by atoms with Crippen LogP contribution >= 0.6 is 0 Å². The molecule has 124 valence electrons. The van der Waals surface area contributed by atoms with Crippen molar-refractivity contribution in [1.82, 2.24) is 4.72 Å². The molecule has 0 bridgehead atoms. The van der Waals surface area contributed by atoms with Crippen LogP contribution in [0.15, 0.2) is 64.5 Å². The van der Waals surface area contributed by atoms with E-state index in [-0.39, 0.29) is 10.8 Å². The van der Waals surface area contributed by atoms with Gasteiger partial charge in [-0.1, -0.05) is 18.2 Å². The first kappa shape index (κ1) is 16.2. The Morgan fingerprint density at radius 2 is 1.71 bits per heavy atom. The van der Waals surface area contributed by atoms with Crippen LogP contribution in [0.5, 0.6) is 0 Å². The molecule has 2 N–H and O–H groups in total. The van der Waals surface area contributed by atoms with Crippen LogP contribution in [0.1, 0.15) is 23.2 Å². The van der Waals surface area contributed by atoms with E-state index in [2.05, 4.69) is 15.0 Å². The summed E-state index contributed by atoms with van der Waals surface area (Å²) in [4.78, 5) is 16.3. The summed E-state index contributed by atoms with van der Waals surface area (Å²) in [5.74, 6) is 0.251. The standard InChI is InChI=1S/C17H17N3O3S/c21-17(13-5-2-1-3-6-13)19-14-8-10-15(11-9-14)24(22,23)20-16-7-4-12-18-16/h1-3,5-6,8-11H,4,7,12H2,(H,18,20)(H,19,21). The molecule has 1 heterocycles. The molecule has 0 saturated carbocycles. The maximum atomic E-state index is 12.3. The highest BCUT2D eigenvalue weighted by atomic mass is 32.2. The largest absolute Gasteiger partial charge is 0.322 e. The van der Waals surface area contributed by atoms with Gasteiger partial charge in [-0.2, -0.15) is 0 Å². The van der Waals surface area contributed by atoms with Crippen LogP contribution in [0.4, 0.5) is 5.69 Å². The lowest BCUT2D eigenvalue weighted by molar-refractivity contribution is 0.102. The fraction of sp³-hybridized carbons (Fsp3) is 0.176. The molecule has 0 aromatic heterocycles. The van der Waals surface area contributed by atoms with Crippen molar-refractivity contribution in [1.29, 1.82) is 0 Å². The van der Waals surface area contributed by atoms with Crippen molar-refractivity contribution in [2.24, 2.45) is 4.99 Å². The first-order valence-corrected chi connectivity index (χ1v) is 9.05. The first-order chi connectivity index (χ1) is 11.5. The molecule has 0 atom stereocenters. The van der Waals surface area contributed by atoms with E-state index in [0.717, 1.165) is 6.42 Å². The molecule has 1 amide bonds. The summed E-state index contributed by atoms with van der Waals surface area (Å²) in [5, 5.41) is 2.73.